The fraction of sp³-hybridized carbons (Fsp3) is 1.00. The highest BCUT2D eigenvalue weighted by Crippen LogP contribution is 2.15. The molecule has 1 aliphatic heterocycles. The molecule has 0 amide bonds. The second-order valence-corrected chi connectivity index (χ2v) is 4.30. The lowest BCUT2D eigenvalue weighted by atomic mass is 9.94. The second kappa shape index (κ2) is 7.17. The lowest BCUT2D eigenvalue weighted by molar-refractivity contribution is 0.0591. The fourth-order valence-corrected chi connectivity index (χ4v) is 2.22. The van der Waals surface area contributed by atoms with E-state index in [1.807, 2.05) is 7.05 Å². The standard InChI is InChI=1S/C11H24N2O2/c1-10-9-13(4-3-11(10)12-2)5-7-15-8-6-14/h10-12,14H,3-9H2,1-2H3. The van der Waals surface area contributed by atoms with Crippen molar-refractivity contribution in [2.75, 3.05) is 46.5 Å². The van der Waals surface area contributed by atoms with Gasteiger partial charge in [-0.15, -0.1) is 0 Å². The van der Waals surface area contributed by atoms with Gasteiger partial charge < -0.3 is 20.1 Å². The lowest BCUT2D eigenvalue weighted by Crippen LogP contribution is -2.48. The third-order valence-electron chi connectivity index (χ3n) is 3.15. The Bertz CT molecular complexity index is 167. The molecule has 2 N–H and O–H groups in total. The Kier molecular flexibility index (Phi) is 6.17. The third kappa shape index (κ3) is 4.47. The highest BCUT2D eigenvalue weighted by atomic mass is 16.5. The van der Waals surface area contributed by atoms with Crippen molar-refractivity contribution in [1.29, 1.82) is 0 Å². The van der Waals surface area contributed by atoms with Crippen LogP contribution in [0.1, 0.15) is 13.3 Å². The van der Waals surface area contributed by atoms with Gasteiger partial charge in [-0.3, -0.25) is 0 Å². The topological polar surface area (TPSA) is 44.7 Å². The zero-order chi connectivity index (χ0) is 11.1. The van der Waals surface area contributed by atoms with Crippen LogP contribution in [-0.4, -0.2) is 62.6 Å². The van der Waals surface area contributed by atoms with Crippen molar-refractivity contribution in [1.82, 2.24) is 10.2 Å². The fourth-order valence-electron chi connectivity index (χ4n) is 2.22. The molecule has 1 heterocycles. The monoisotopic (exact) mass is 216 g/mol. The van der Waals surface area contributed by atoms with E-state index < -0.39 is 0 Å². The van der Waals surface area contributed by atoms with Crippen LogP contribution in [0, 0.1) is 5.92 Å². The summed E-state index contributed by atoms with van der Waals surface area (Å²) in [6.07, 6.45) is 1.22. The Morgan fingerprint density at radius 1 is 1.47 bits per heavy atom. The average molecular weight is 216 g/mol. The van der Waals surface area contributed by atoms with Crippen molar-refractivity contribution in [3.63, 3.8) is 0 Å². The molecule has 15 heavy (non-hydrogen) atoms. The van der Waals surface area contributed by atoms with E-state index in [1.54, 1.807) is 0 Å². The first-order valence-corrected chi connectivity index (χ1v) is 5.86. The van der Waals surface area contributed by atoms with Crippen LogP contribution in [0.2, 0.25) is 0 Å². The Hall–Kier alpha value is -0.160. The van der Waals surface area contributed by atoms with Crippen LogP contribution in [0.5, 0.6) is 0 Å². The van der Waals surface area contributed by atoms with E-state index in [1.165, 1.54) is 6.42 Å². The number of hydrogen-bond donors (Lipinski definition) is 2. The summed E-state index contributed by atoms with van der Waals surface area (Å²) in [5.74, 6) is 0.710. The molecule has 2 atom stereocenters. The molecule has 0 aliphatic carbocycles. The largest absolute Gasteiger partial charge is 0.394 e. The molecule has 2 unspecified atom stereocenters. The van der Waals surface area contributed by atoms with Gasteiger partial charge in [-0.25, -0.2) is 0 Å². The van der Waals surface area contributed by atoms with Crippen LogP contribution >= 0.6 is 0 Å². The van der Waals surface area contributed by atoms with E-state index in [4.69, 9.17) is 9.84 Å². The molecule has 1 saturated heterocycles. The summed E-state index contributed by atoms with van der Waals surface area (Å²) in [5.41, 5.74) is 0. The van der Waals surface area contributed by atoms with Gasteiger partial charge in [0, 0.05) is 19.1 Å². The minimum absolute atomic E-state index is 0.123. The number of aliphatic hydroxyl groups is 1. The quantitative estimate of drug-likeness (QED) is 0.610. The van der Waals surface area contributed by atoms with Crippen molar-refractivity contribution < 1.29 is 9.84 Å². The number of aliphatic hydroxyl groups excluding tert-OH is 1. The van der Waals surface area contributed by atoms with Crippen LogP contribution in [0.25, 0.3) is 0 Å². The zero-order valence-electron chi connectivity index (χ0n) is 9.91. The summed E-state index contributed by atoms with van der Waals surface area (Å²) in [4.78, 5) is 2.44. The molecule has 0 aromatic heterocycles. The van der Waals surface area contributed by atoms with Gasteiger partial charge in [0.1, 0.15) is 0 Å². The Labute approximate surface area is 92.6 Å². The van der Waals surface area contributed by atoms with E-state index >= 15 is 0 Å². The lowest BCUT2D eigenvalue weighted by Gasteiger charge is -2.36. The Balaban J connectivity index is 2.11. The van der Waals surface area contributed by atoms with E-state index in [0.29, 0.717) is 18.6 Å². The summed E-state index contributed by atoms with van der Waals surface area (Å²) < 4.78 is 5.27. The maximum Gasteiger partial charge on any atom is 0.0698 e. The molecule has 90 valence electrons. The number of rotatable bonds is 6. The van der Waals surface area contributed by atoms with E-state index in [2.05, 4.69) is 17.1 Å². The minimum atomic E-state index is 0.123. The summed E-state index contributed by atoms with van der Waals surface area (Å²) in [6.45, 7) is 6.90. The van der Waals surface area contributed by atoms with Crippen molar-refractivity contribution in [3.8, 4) is 0 Å². The third-order valence-corrected chi connectivity index (χ3v) is 3.15. The van der Waals surface area contributed by atoms with Gasteiger partial charge in [-0.1, -0.05) is 6.92 Å². The molecule has 1 rings (SSSR count). The van der Waals surface area contributed by atoms with Crippen molar-refractivity contribution in [2.24, 2.45) is 5.92 Å². The highest BCUT2D eigenvalue weighted by Gasteiger charge is 2.24. The van der Waals surface area contributed by atoms with Gasteiger partial charge >= 0.3 is 0 Å². The van der Waals surface area contributed by atoms with Crippen LogP contribution in [-0.2, 0) is 4.74 Å². The van der Waals surface area contributed by atoms with Crippen LogP contribution in [0.15, 0.2) is 0 Å². The number of nitrogens with one attached hydrogen (secondary N) is 1. The van der Waals surface area contributed by atoms with E-state index in [9.17, 15) is 0 Å². The van der Waals surface area contributed by atoms with Crippen molar-refractivity contribution in [3.05, 3.63) is 0 Å². The maximum absolute atomic E-state index is 8.57. The van der Waals surface area contributed by atoms with Gasteiger partial charge in [-0.2, -0.15) is 0 Å². The molecule has 4 nitrogen and oxygen atoms in total. The van der Waals surface area contributed by atoms with Crippen LogP contribution in [0.4, 0.5) is 0 Å². The van der Waals surface area contributed by atoms with Gasteiger partial charge in [-0.05, 0) is 25.9 Å². The highest BCUT2D eigenvalue weighted by molar-refractivity contribution is 4.81. The van der Waals surface area contributed by atoms with Gasteiger partial charge in [0.2, 0.25) is 0 Å². The Morgan fingerprint density at radius 2 is 2.27 bits per heavy atom. The summed E-state index contributed by atoms with van der Waals surface area (Å²) in [5, 5.41) is 11.9. The number of ether oxygens (including phenoxy) is 1. The summed E-state index contributed by atoms with van der Waals surface area (Å²) in [6, 6.07) is 0.666. The predicted octanol–water partition coefficient (Wildman–Crippen LogP) is -0.0749. The molecule has 0 bridgehead atoms. The molecule has 0 radical (unpaired) electrons. The predicted molar refractivity (Wildman–Crippen MR) is 61.0 cm³/mol. The van der Waals surface area contributed by atoms with Crippen LogP contribution < -0.4 is 5.32 Å². The van der Waals surface area contributed by atoms with Gasteiger partial charge in [0.15, 0.2) is 0 Å². The normalized spacial score (nSPS) is 28.2. The maximum atomic E-state index is 8.57. The number of likely N-dealkylation sites (tertiary alicyclic amines) is 1. The van der Waals surface area contributed by atoms with Crippen molar-refractivity contribution >= 4 is 0 Å². The first kappa shape index (κ1) is 12.9. The molecule has 0 saturated carbocycles. The molecule has 1 aliphatic rings. The summed E-state index contributed by atoms with van der Waals surface area (Å²) in [7, 11) is 2.04. The Morgan fingerprint density at radius 3 is 2.87 bits per heavy atom. The van der Waals surface area contributed by atoms with Crippen LogP contribution in [0.3, 0.4) is 0 Å². The average Bonchev–Trinajstić information content (AvgIpc) is 2.25. The molecule has 4 heteroatoms. The molecule has 0 aromatic carbocycles. The first-order chi connectivity index (χ1) is 7.27. The zero-order valence-corrected chi connectivity index (χ0v) is 9.91. The SMILES string of the molecule is CNC1CCN(CCOCCO)CC1C. The van der Waals surface area contributed by atoms with Gasteiger partial charge in [0.05, 0.1) is 19.8 Å². The first-order valence-electron chi connectivity index (χ1n) is 5.86. The summed E-state index contributed by atoms with van der Waals surface area (Å²) >= 11 is 0. The van der Waals surface area contributed by atoms with E-state index in [0.717, 1.165) is 26.2 Å². The van der Waals surface area contributed by atoms with Crippen molar-refractivity contribution in [2.45, 2.75) is 19.4 Å². The minimum Gasteiger partial charge on any atom is -0.394 e. The number of hydrogen-bond acceptors (Lipinski definition) is 4. The number of piperidine rings is 1. The van der Waals surface area contributed by atoms with E-state index in [-0.39, 0.29) is 6.61 Å². The molecular formula is C11H24N2O2. The molecule has 0 aromatic rings. The molecule has 0 spiro atoms. The molecule has 1 fully saturated rings. The number of nitrogens with zero attached hydrogens (tertiary/aromatic N) is 1. The molecular weight excluding hydrogens is 192 g/mol. The smallest absolute Gasteiger partial charge is 0.0698 e. The second-order valence-electron chi connectivity index (χ2n) is 4.30. The van der Waals surface area contributed by atoms with Gasteiger partial charge in [0.25, 0.3) is 0 Å².